The molecule has 18 heavy (non-hydrogen) atoms. The van der Waals surface area contributed by atoms with Crippen LogP contribution in [0.4, 0.5) is 0 Å². The van der Waals surface area contributed by atoms with Gasteiger partial charge in [-0.05, 0) is 0 Å². The summed E-state index contributed by atoms with van der Waals surface area (Å²) in [5.74, 6) is -0.231. The first-order valence-corrected chi connectivity index (χ1v) is 4.88. The van der Waals surface area contributed by atoms with Gasteiger partial charge in [0, 0.05) is 65.4 Å². The molecule has 0 spiro atoms. The van der Waals surface area contributed by atoms with E-state index >= 15 is 0 Å². The van der Waals surface area contributed by atoms with Crippen molar-refractivity contribution in [2.24, 2.45) is 0 Å². The fourth-order valence-electron chi connectivity index (χ4n) is 1.92. The van der Waals surface area contributed by atoms with Crippen molar-refractivity contribution >= 4 is 11.6 Å². The standard InChI is InChI=1S/C14H6O2.2Y/c15-13-9-5-1-2-6-10(9)14(16)12-8-4-3-7-11(12)13;;/h1,4-8H;;/q-2;;. The minimum Gasteiger partial charge on any atom is -0.306 e. The molecule has 0 heterocycles. The minimum atomic E-state index is -0.115. The van der Waals surface area contributed by atoms with Crippen LogP contribution in [-0.2, 0) is 65.4 Å². The Morgan fingerprint density at radius 2 is 1.06 bits per heavy atom. The van der Waals surface area contributed by atoms with Gasteiger partial charge in [0.25, 0.3) is 0 Å². The van der Waals surface area contributed by atoms with E-state index in [1.807, 2.05) is 0 Å². The van der Waals surface area contributed by atoms with Crippen LogP contribution in [0, 0.1) is 12.1 Å². The summed E-state index contributed by atoms with van der Waals surface area (Å²) in [6.45, 7) is 0. The Kier molecular flexibility index (Phi) is 5.73. The van der Waals surface area contributed by atoms with E-state index in [0.29, 0.717) is 22.3 Å². The molecular formula is C14H6O2Y2-2. The third-order valence-electron chi connectivity index (χ3n) is 2.71. The minimum absolute atomic E-state index is 0. The molecule has 4 heteroatoms. The Morgan fingerprint density at radius 3 is 1.44 bits per heavy atom. The Morgan fingerprint density at radius 1 is 0.667 bits per heavy atom. The zero-order chi connectivity index (χ0) is 11.1. The summed E-state index contributed by atoms with van der Waals surface area (Å²) in [6.07, 6.45) is 0. The molecule has 0 unspecified atom stereocenters. The maximum Gasteiger partial charge on any atom is 0.116 e. The Bertz CT molecular complexity index is 515. The van der Waals surface area contributed by atoms with Gasteiger partial charge in [0.15, 0.2) is 0 Å². The van der Waals surface area contributed by atoms with E-state index in [1.54, 1.807) is 36.4 Å². The van der Waals surface area contributed by atoms with Crippen molar-refractivity contribution in [2.45, 2.75) is 0 Å². The van der Waals surface area contributed by atoms with Gasteiger partial charge in [-0.1, -0.05) is 22.3 Å². The molecule has 0 aliphatic heterocycles. The van der Waals surface area contributed by atoms with E-state index in [0.717, 1.165) is 0 Å². The monoisotopic (exact) mass is 384 g/mol. The molecule has 2 aromatic carbocycles. The molecule has 0 saturated carbocycles. The van der Waals surface area contributed by atoms with Crippen molar-refractivity contribution in [3.05, 3.63) is 70.8 Å². The molecule has 0 aromatic heterocycles. The molecule has 82 valence electrons. The number of hydrogen-bond donors (Lipinski definition) is 0. The summed E-state index contributed by atoms with van der Waals surface area (Å²) in [5, 5.41) is 0. The number of fused-ring (bicyclic) bond motifs is 2. The number of rotatable bonds is 0. The second-order valence-electron chi connectivity index (χ2n) is 3.60. The zero-order valence-electron chi connectivity index (χ0n) is 9.44. The molecule has 1 aliphatic rings. The predicted octanol–water partition coefficient (Wildman–Crippen LogP) is 2.06. The van der Waals surface area contributed by atoms with Gasteiger partial charge in [0.05, 0.1) is 0 Å². The topological polar surface area (TPSA) is 34.1 Å². The van der Waals surface area contributed by atoms with Crippen LogP contribution in [0.15, 0.2) is 36.4 Å². The third kappa shape index (κ3) is 2.49. The molecule has 0 amide bonds. The van der Waals surface area contributed by atoms with Gasteiger partial charge in [-0.15, -0.1) is 0 Å². The molecule has 2 nitrogen and oxygen atoms in total. The van der Waals surface area contributed by atoms with E-state index in [9.17, 15) is 9.59 Å². The number of hydrogen-bond acceptors (Lipinski definition) is 2. The number of carbonyl (C=O) groups excluding carboxylic acids is 2. The normalized spacial score (nSPS) is 11.8. The smallest absolute Gasteiger partial charge is 0.116 e. The van der Waals surface area contributed by atoms with E-state index in [2.05, 4.69) is 12.1 Å². The Balaban J connectivity index is 0.000000810. The Labute approximate surface area is 155 Å². The SMILES string of the molecule is O=C1c2c[c-]ccc2C(=O)c2c[c-]ccc21.[Y].[Y]. The fraction of sp³-hybridized carbons (Fsp3) is 0. The van der Waals surface area contributed by atoms with E-state index in [-0.39, 0.29) is 77.0 Å². The van der Waals surface area contributed by atoms with Crippen LogP contribution in [0.2, 0.25) is 0 Å². The second-order valence-corrected chi connectivity index (χ2v) is 3.60. The first-order valence-electron chi connectivity index (χ1n) is 4.88. The zero-order valence-corrected chi connectivity index (χ0v) is 15.1. The molecule has 2 radical (unpaired) electrons. The van der Waals surface area contributed by atoms with Crippen LogP contribution in [0.25, 0.3) is 0 Å². The van der Waals surface area contributed by atoms with E-state index in [4.69, 9.17) is 0 Å². The Hall–Kier alpha value is -0.0122. The van der Waals surface area contributed by atoms with Crippen LogP contribution in [-0.4, -0.2) is 11.6 Å². The first kappa shape index (κ1) is 16.0. The van der Waals surface area contributed by atoms with Crippen molar-refractivity contribution in [1.82, 2.24) is 0 Å². The summed E-state index contributed by atoms with van der Waals surface area (Å²) in [4.78, 5) is 24.1. The van der Waals surface area contributed by atoms with Crippen LogP contribution < -0.4 is 0 Å². The van der Waals surface area contributed by atoms with Crippen molar-refractivity contribution in [1.29, 1.82) is 0 Å². The number of carbonyl (C=O) groups is 2. The quantitative estimate of drug-likeness (QED) is 0.557. The van der Waals surface area contributed by atoms with E-state index in [1.165, 1.54) is 0 Å². The van der Waals surface area contributed by atoms with Crippen molar-refractivity contribution in [2.75, 3.05) is 0 Å². The molecule has 1 aliphatic carbocycles. The van der Waals surface area contributed by atoms with Gasteiger partial charge >= 0.3 is 0 Å². The molecular weight excluding hydrogens is 378 g/mol. The van der Waals surface area contributed by atoms with Gasteiger partial charge in [0.2, 0.25) is 0 Å². The average Bonchev–Trinajstić information content (AvgIpc) is 2.36. The summed E-state index contributed by atoms with van der Waals surface area (Å²) in [5.41, 5.74) is 1.78. The molecule has 2 aromatic rings. The summed E-state index contributed by atoms with van der Waals surface area (Å²) in [6, 6.07) is 15.3. The van der Waals surface area contributed by atoms with Crippen molar-refractivity contribution < 1.29 is 75.0 Å². The van der Waals surface area contributed by atoms with Crippen molar-refractivity contribution in [3.63, 3.8) is 0 Å². The van der Waals surface area contributed by atoms with Crippen molar-refractivity contribution in [3.8, 4) is 0 Å². The second kappa shape index (κ2) is 6.43. The maximum absolute atomic E-state index is 12.1. The average molecular weight is 384 g/mol. The largest absolute Gasteiger partial charge is 0.306 e. The first-order chi connectivity index (χ1) is 7.79. The van der Waals surface area contributed by atoms with Crippen LogP contribution in [0.3, 0.4) is 0 Å². The number of benzene rings is 2. The summed E-state index contributed by atoms with van der Waals surface area (Å²) < 4.78 is 0. The molecule has 0 N–H and O–H groups in total. The van der Waals surface area contributed by atoms with Gasteiger partial charge in [-0.2, -0.15) is 48.5 Å². The van der Waals surface area contributed by atoms with Gasteiger partial charge < -0.3 is 9.59 Å². The third-order valence-corrected chi connectivity index (χ3v) is 2.71. The molecule has 3 rings (SSSR count). The molecule has 0 bridgehead atoms. The predicted molar refractivity (Wildman–Crippen MR) is 57.4 cm³/mol. The van der Waals surface area contributed by atoms with Gasteiger partial charge in [-0.3, -0.25) is 0 Å². The van der Waals surface area contributed by atoms with Crippen LogP contribution in [0.1, 0.15) is 31.8 Å². The van der Waals surface area contributed by atoms with Gasteiger partial charge in [-0.25, -0.2) is 0 Å². The van der Waals surface area contributed by atoms with E-state index < -0.39 is 0 Å². The molecule has 0 atom stereocenters. The molecule has 0 fully saturated rings. The summed E-state index contributed by atoms with van der Waals surface area (Å²) >= 11 is 0. The summed E-state index contributed by atoms with van der Waals surface area (Å²) in [7, 11) is 0. The number of ketones is 2. The van der Waals surface area contributed by atoms with Crippen LogP contribution in [0.5, 0.6) is 0 Å². The fourth-order valence-corrected chi connectivity index (χ4v) is 1.92. The maximum atomic E-state index is 12.1. The van der Waals surface area contributed by atoms with Crippen LogP contribution >= 0.6 is 0 Å². The van der Waals surface area contributed by atoms with Gasteiger partial charge in [0.1, 0.15) is 11.6 Å². The molecule has 0 saturated heterocycles.